The lowest BCUT2D eigenvalue weighted by Gasteiger charge is -2.12. The van der Waals surface area contributed by atoms with Crippen LogP contribution >= 0.6 is 11.6 Å². The van der Waals surface area contributed by atoms with Gasteiger partial charge in [-0.2, -0.15) is 0 Å². The summed E-state index contributed by atoms with van der Waals surface area (Å²) in [6, 6.07) is 0. The second kappa shape index (κ2) is 4.92. The van der Waals surface area contributed by atoms with Crippen LogP contribution < -0.4 is 0 Å². The van der Waals surface area contributed by atoms with E-state index < -0.39 is 0 Å². The maximum absolute atomic E-state index is 11.2. The molecule has 72 valence electrons. The summed E-state index contributed by atoms with van der Waals surface area (Å²) in [5.74, 6) is 1.33. The lowest BCUT2D eigenvalue weighted by Crippen LogP contribution is -2.11. The Morgan fingerprint density at radius 2 is 2.38 bits per heavy atom. The van der Waals surface area contributed by atoms with Gasteiger partial charge >= 0.3 is 0 Å². The zero-order valence-electron chi connectivity index (χ0n) is 7.38. The lowest BCUT2D eigenvalue weighted by molar-refractivity contribution is -0.118. The molecule has 0 spiro atoms. The Morgan fingerprint density at radius 1 is 1.62 bits per heavy atom. The van der Waals surface area contributed by atoms with E-state index in [0.29, 0.717) is 30.4 Å². The van der Waals surface area contributed by atoms with E-state index >= 15 is 0 Å². The van der Waals surface area contributed by atoms with Gasteiger partial charge in [-0.15, -0.1) is 11.6 Å². The van der Waals surface area contributed by atoms with E-state index in [1.807, 2.05) is 0 Å². The first-order valence-corrected chi connectivity index (χ1v) is 4.49. The molecule has 0 N–H and O–H groups in total. The molecule has 1 rings (SSSR count). The van der Waals surface area contributed by atoms with Crippen molar-refractivity contribution in [3.63, 3.8) is 0 Å². The topological polar surface area (TPSA) is 35.5 Å². The van der Waals surface area contributed by atoms with Gasteiger partial charge in [-0.05, 0) is 6.08 Å². The van der Waals surface area contributed by atoms with Crippen molar-refractivity contribution in [1.29, 1.82) is 0 Å². The zero-order chi connectivity index (χ0) is 9.68. The molecule has 0 saturated carbocycles. The molecule has 3 nitrogen and oxygen atoms in total. The number of methoxy groups -OCH3 is 1. The van der Waals surface area contributed by atoms with Crippen LogP contribution in [-0.4, -0.2) is 25.4 Å². The third-order valence-electron chi connectivity index (χ3n) is 1.61. The van der Waals surface area contributed by atoms with Crippen LogP contribution in [-0.2, 0) is 14.3 Å². The van der Waals surface area contributed by atoms with E-state index in [1.54, 1.807) is 19.3 Å². The SMILES string of the molecule is COC1=CCC(=O)C(OCCCl)=C1. The minimum absolute atomic E-state index is 0.0362. The second-order valence-corrected chi connectivity index (χ2v) is 2.86. The molecule has 0 fully saturated rings. The number of carbonyl (C=O) groups excluding carboxylic acids is 1. The molecule has 0 unspecified atom stereocenters. The summed E-state index contributed by atoms with van der Waals surface area (Å²) >= 11 is 5.43. The Bertz CT molecular complexity index is 256. The summed E-state index contributed by atoms with van der Waals surface area (Å²) in [4.78, 5) is 11.2. The summed E-state index contributed by atoms with van der Waals surface area (Å²) in [6.45, 7) is 0.343. The van der Waals surface area contributed by atoms with Gasteiger partial charge in [0.05, 0.1) is 13.0 Å². The van der Waals surface area contributed by atoms with E-state index in [9.17, 15) is 4.79 Å². The van der Waals surface area contributed by atoms with Gasteiger partial charge in [-0.1, -0.05) is 0 Å². The molecule has 0 bridgehead atoms. The first-order valence-electron chi connectivity index (χ1n) is 3.95. The van der Waals surface area contributed by atoms with Crippen molar-refractivity contribution in [3.05, 3.63) is 23.7 Å². The smallest absolute Gasteiger partial charge is 0.201 e. The molecule has 0 heterocycles. The number of hydrogen-bond acceptors (Lipinski definition) is 3. The molecular weight excluding hydrogens is 192 g/mol. The van der Waals surface area contributed by atoms with Crippen LogP contribution in [0.1, 0.15) is 6.42 Å². The highest BCUT2D eigenvalue weighted by molar-refractivity contribution is 6.18. The van der Waals surface area contributed by atoms with Crippen molar-refractivity contribution >= 4 is 17.4 Å². The number of carbonyl (C=O) groups is 1. The highest BCUT2D eigenvalue weighted by Gasteiger charge is 2.15. The minimum Gasteiger partial charge on any atom is -0.497 e. The Morgan fingerprint density at radius 3 is 3.00 bits per heavy atom. The zero-order valence-corrected chi connectivity index (χ0v) is 8.13. The monoisotopic (exact) mass is 202 g/mol. The number of Topliss-reactive ketones (excluding diaryl/α,β-unsaturated/α-hetero) is 1. The van der Waals surface area contributed by atoms with E-state index in [2.05, 4.69) is 0 Å². The van der Waals surface area contributed by atoms with Crippen LogP contribution in [0.5, 0.6) is 0 Å². The predicted octanol–water partition coefficient (Wildman–Crippen LogP) is 1.63. The van der Waals surface area contributed by atoms with Gasteiger partial charge in [-0.3, -0.25) is 4.79 Å². The Balaban J connectivity index is 2.62. The highest BCUT2D eigenvalue weighted by Crippen LogP contribution is 2.15. The average Bonchev–Trinajstić information content (AvgIpc) is 2.17. The summed E-state index contributed by atoms with van der Waals surface area (Å²) in [7, 11) is 1.55. The van der Waals surface area contributed by atoms with Crippen LogP contribution in [0, 0.1) is 0 Å². The van der Waals surface area contributed by atoms with Crippen molar-refractivity contribution in [3.8, 4) is 0 Å². The quantitative estimate of drug-likeness (QED) is 0.650. The van der Waals surface area contributed by atoms with Crippen molar-refractivity contribution in [1.82, 2.24) is 0 Å². The van der Waals surface area contributed by atoms with Crippen molar-refractivity contribution < 1.29 is 14.3 Å². The third kappa shape index (κ3) is 2.77. The fourth-order valence-corrected chi connectivity index (χ4v) is 1.05. The summed E-state index contributed by atoms with van der Waals surface area (Å²) in [5.41, 5.74) is 0. The summed E-state index contributed by atoms with van der Waals surface area (Å²) < 4.78 is 10.1. The first-order chi connectivity index (χ1) is 6.27. The predicted molar refractivity (Wildman–Crippen MR) is 49.5 cm³/mol. The standard InChI is InChI=1S/C9H11ClO3/c1-12-7-2-3-8(11)9(6-7)13-5-4-10/h2,6H,3-5H2,1H3. The molecule has 13 heavy (non-hydrogen) atoms. The van der Waals surface area contributed by atoms with Crippen molar-refractivity contribution in [2.24, 2.45) is 0 Å². The number of ketones is 1. The largest absolute Gasteiger partial charge is 0.497 e. The highest BCUT2D eigenvalue weighted by atomic mass is 35.5. The molecule has 1 aliphatic rings. The molecule has 0 saturated heterocycles. The number of ether oxygens (including phenoxy) is 2. The molecule has 0 aromatic heterocycles. The van der Waals surface area contributed by atoms with E-state index in [0.717, 1.165) is 0 Å². The van der Waals surface area contributed by atoms with Gasteiger partial charge in [0.1, 0.15) is 12.4 Å². The Hall–Kier alpha value is -0.960. The Kier molecular flexibility index (Phi) is 3.83. The van der Waals surface area contributed by atoms with Gasteiger partial charge in [0, 0.05) is 12.5 Å². The fraction of sp³-hybridized carbons (Fsp3) is 0.444. The number of rotatable bonds is 4. The molecule has 0 atom stereocenters. The molecular formula is C9H11ClO3. The maximum Gasteiger partial charge on any atom is 0.201 e. The lowest BCUT2D eigenvalue weighted by atomic mass is 10.1. The minimum atomic E-state index is -0.0362. The van der Waals surface area contributed by atoms with Gasteiger partial charge in [0.2, 0.25) is 5.78 Å². The molecule has 0 amide bonds. The van der Waals surface area contributed by atoms with Crippen LogP contribution in [0.15, 0.2) is 23.7 Å². The number of halogens is 1. The van der Waals surface area contributed by atoms with E-state index in [4.69, 9.17) is 21.1 Å². The third-order valence-corrected chi connectivity index (χ3v) is 1.76. The van der Waals surface area contributed by atoms with Crippen molar-refractivity contribution in [2.75, 3.05) is 19.6 Å². The number of hydrogen-bond donors (Lipinski definition) is 0. The molecule has 0 aromatic carbocycles. The summed E-state index contributed by atoms with van der Waals surface area (Å²) in [6.07, 6.45) is 3.63. The number of allylic oxidation sites excluding steroid dienone is 3. The fourth-order valence-electron chi connectivity index (χ4n) is 0.975. The molecule has 0 radical (unpaired) electrons. The average molecular weight is 203 g/mol. The molecule has 4 heteroatoms. The Labute approximate surface area is 82.0 Å². The van der Waals surface area contributed by atoms with Crippen LogP contribution in [0.25, 0.3) is 0 Å². The summed E-state index contributed by atoms with van der Waals surface area (Å²) in [5, 5.41) is 0. The molecule has 0 aromatic rings. The van der Waals surface area contributed by atoms with Crippen LogP contribution in [0.4, 0.5) is 0 Å². The van der Waals surface area contributed by atoms with Gasteiger partial charge in [0.15, 0.2) is 5.76 Å². The van der Waals surface area contributed by atoms with E-state index in [1.165, 1.54) is 0 Å². The van der Waals surface area contributed by atoms with Crippen LogP contribution in [0.3, 0.4) is 0 Å². The maximum atomic E-state index is 11.2. The van der Waals surface area contributed by atoms with Crippen molar-refractivity contribution in [2.45, 2.75) is 6.42 Å². The van der Waals surface area contributed by atoms with Crippen LogP contribution in [0.2, 0.25) is 0 Å². The molecule has 1 aliphatic carbocycles. The molecule has 0 aliphatic heterocycles. The van der Waals surface area contributed by atoms with E-state index in [-0.39, 0.29) is 5.78 Å². The van der Waals surface area contributed by atoms with Gasteiger partial charge in [-0.25, -0.2) is 0 Å². The number of alkyl halides is 1. The second-order valence-electron chi connectivity index (χ2n) is 2.48. The van der Waals surface area contributed by atoms with Gasteiger partial charge < -0.3 is 9.47 Å². The normalized spacial score (nSPS) is 16.3. The first kappa shape index (κ1) is 10.1. The van der Waals surface area contributed by atoms with Gasteiger partial charge in [0.25, 0.3) is 0 Å².